The maximum atomic E-state index is 3.58. The Balaban J connectivity index is 3.42. The molecule has 3 nitrogen and oxygen atoms in total. The quantitative estimate of drug-likeness (QED) is 0.159. The molecule has 2 N–H and O–H groups in total. The molecule has 0 fully saturated rings. The summed E-state index contributed by atoms with van der Waals surface area (Å²) in [5.41, 5.74) is 7.16. The van der Waals surface area contributed by atoms with Crippen molar-refractivity contribution in [3.63, 3.8) is 0 Å². The van der Waals surface area contributed by atoms with Gasteiger partial charge in [-0.2, -0.15) is 5.12 Å². The van der Waals surface area contributed by atoms with E-state index >= 15 is 0 Å². The second kappa shape index (κ2) is 22.9. The number of hydrogen-bond acceptors (Lipinski definition) is 3. The Hall–Kier alpha value is -0.120. The first kappa shape index (κ1) is 25.9. The lowest BCUT2D eigenvalue weighted by Gasteiger charge is -2.23. The van der Waals surface area contributed by atoms with E-state index in [0.717, 1.165) is 19.6 Å². The molecule has 0 rings (SSSR count). The molecule has 0 aliphatic rings. The van der Waals surface area contributed by atoms with Gasteiger partial charge in [0.15, 0.2) is 0 Å². The van der Waals surface area contributed by atoms with Crippen molar-refractivity contribution in [3.8, 4) is 0 Å². The van der Waals surface area contributed by atoms with Gasteiger partial charge in [0.05, 0.1) is 0 Å². The zero-order chi connectivity index (χ0) is 19.1. The topological polar surface area (TPSA) is 27.3 Å². The molecule has 3 heteroatoms. The minimum absolute atomic E-state index is 1.09. The van der Waals surface area contributed by atoms with Crippen LogP contribution in [0.2, 0.25) is 0 Å². The molecule has 0 atom stereocenters. The second-order valence-corrected chi connectivity index (χ2v) is 7.92. The van der Waals surface area contributed by atoms with E-state index in [1.165, 1.54) is 109 Å². The molecule has 0 saturated carbocycles. The lowest BCUT2D eigenvalue weighted by atomic mass is 10.1. The molecule has 0 amide bonds. The summed E-state index contributed by atoms with van der Waals surface area (Å²) < 4.78 is 0. The SMILES string of the molecule is CCCCCCCCCCNN(CCC)NCCCCCCCCCC. The van der Waals surface area contributed by atoms with Gasteiger partial charge in [-0.3, -0.25) is 0 Å². The Morgan fingerprint density at radius 2 is 0.769 bits per heavy atom. The van der Waals surface area contributed by atoms with Gasteiger partial charge in [0.25, 0.3) is 0 Å². The average Bonchev–Trinajstić information content (AvgIpc) is 2.65. The Morgan fingerprint density at radius 1 is 0.423 bits per heavy atom. The molecular weight excluding hydrogens is 318 g/mol. The predicted molar refractivity (Wildman–Crippen MR) is 118 cm³/mol. The van der Waals surface area contributed by atoms with Crippen molar-refractivity contribution in [2.24, 2.45) is 0 Å². The van der Waals surface area contributed by atoms with E-state index < -0.39 is 0 Å². The van der Waals surface area contributed by atoms with Crippen LogP contribution in [0.15, 0.2) is 0 Å². The molecule has 0 spiro atoms. The van der Waals surface area contributed by atoms with Crippen LogP contribution >= 0.6 is 0 Å². The van der Waals surface area contributed by atoms with E-state index in [-0.39, 0.29) is 0 Å². The molecular formula is C23H51N3. The first-order valence-corrected chi connectivity index (χ1v) is 12.1. The molecule has 0 bridgehead atoms. The van der Waals surface area contributed by atoms with Crippen LogP contribution in [0.1, 0.15) is 130 Å². The van der Waals surface area contributed by atoms with E-state index in [1.807, 2.05) is 0 Å². The first-order valence-electron chi connectivity index (χ1n) is 12.1. The summed E-state index contributed by atoms with van der Waals surface area (Å²) in [6.07, 6.45) is 23.5. The van der Waals surface area contributed by atoms with Gasteiger partial charge >= 0.3 is 0 Å². The molecule has 0 heterocycles. The normalized spacial score (nSPS) is 11.5. The number of unbranched alkanes of at least 4 members (excludes halogenated alkanes) is 14. The van der Waals surface area contributed by atoms with E-state index in [2.05, 4.69) is 36.7 Å². The van der Waals surface area contributed by atoms with Gasteiger partial charge in [0, 0.05) is 19.6 Å². The summed E-state index contributed by atoms with van der Waals surface area (Å²) in [7, 11) is 0. The number of nitrogens with one attached hydrogen (secondary N) is 2. The van der Waals surface area contributed by atoms with Gasteiger partial charge in [-0.1, -0.05) is 111 Å². The monoisotopic (exact) mass is 369 g/mol. The Morgan fingerprint density at radius 3 is 1.12 bits per heavy atom. The van der Waals surface area contributed by atoms with E-state index in [9.17, 15) is 0 Å². The van der Waals surface area contributed by atoms with Crippen molar-refractivity contribution >= 4 is 0 Å². The molecule has 158 valence electrons. The molecule has 0 aromatic rings. The highest BCUT2D eigenvalue weighted by atomic mass is 15.7. The third-order valence-corrected chi connectivity index (χ3v) is 5.11. The fourth-order valence-corrected chi connectivity index (χ4v) is 3.38. The van der Waals surface area contributed by atoms with Gasteiger partial charge in [-0.25, -0.2) is 10.9 Å². The van der Waals surface area contributed by atoms with Crippen LogP contribution in [0.25, 0.3) is 0 Å². The van der Waals surface area contributed by atoms with Crippen LogP contribution in [0.5, 0.6) is 0 Å². The first-order chi connectivity index (χ1) is 12.8. The average molecular weight is 370 g/mol. The van der Waals surface area contributed by atoms with E-state index in [1.54, 1.807) is 0 Å². The van der Waals surface area contributed by atoms with Crippen molar-refractivity contribution in [1.82, 2.24) is 16.0 Å². The van der Waals surface area contributed by atoms with Gasteiger partial charge < -0.3 is 0 Å². The molecule has 0 aliphatic heterocycles. The zero-order valence-corrected chi connectivity index (χ0v) is 18.6. The van der Waals surface area contributed by atoms with Crippen molar-refractivity contribution in [1.29, 1.82) is 0 Å². The van der Waals surface area contributed by atoms with Crippen molar-refractivity contribution < 1.29 is 0 Å². The highest BCUT2D eigenvalue weighted by Gasteiger charge is 2.01. The minimum Gasteiger partial charge on any atom is -0.242 e. The van der Waals surface area contributed by atoms with Crippen LogP contribution in [-0.2, 0) is 0 Å². The van der Waals surface area contributed by atoms with Crippen LogP contribution in [0.4, 0.5) is 0 Å². The third kappa shape index (κ3) is 20.2. The molecule has 0 aliphatic carbocycles. The Bertz CT molecular complexity index is 224. The lowest BCUT2D eigenvalue weighted by molar-refractivity contribution is 0.112. The summed E-state index contributed by atoms with van der Waals surface area (Å²) >= 11 is 0. The lowest BCUT2D eigenvalue weighted by Crippen LogP contribution is -2.49. The second-order valence-electron chi connectivity index (χ2n) is 7.92. The standard InChI is InChI=1S/C23H51N3/c1-4-7-9-11-13-15-17-19-21-24-26(23-6-3)25-22-20-18-16-14-12-10-8-5-2/h24-25H,4-23H2,1-3H3. The number of rotatable bonds is 22. The van der Waals surface area contributed by atoms with Crippen LogP contribution < -0.4 is 10.9 Å². The smallest absolute Gasteiger partial charge is 0.0285 e. The summed E-state index contributed by atoms with van der Waals surface area (Å²) in [6.45, 7) is 10.1. The van der Waals surface area contributed by atoms with Crippen molar-refractivity contribution in [3.05, 3.63) is 0 Å². The van der Waals surface area contributed by atoms with Gasteiger partial charge in [-0.15, -0.1) is 0 Å². The zero-order valence-electron chi connectivity index (χ0n) is 18.6. The number of nitrogens with zero attached hydrogens (tertiary/aromatic N) is 1. The van der Waals surface area contributed by atoms with Crippen LogP contribution in [0.3, 0.4) is 0 Å². The summed E-state index contributed by atoms with van der Waals surface area (Å²) in [5.74, 6) is 0. The highest BCUT2D eigenvalue weighted by molar-refractivity contribution is 4.52. The van der Waals surface area contributed by atoms with E-state index in [4.69, 9.17) is 0 Å². The van der Waals surface area contributed by atoms with Gasteiger partial charge in [0.2, 0.25) is 0 Å². The Kier molecular flexibility index (Phi) is 22.8. The van der Waals surface area contributed by atoms with Gasteiger partial charge in [0.1, 0.15) is 0 Å². The number of hydrazine groups is 2. The summed E-state index contributed by atoms with van der Waals surface area (Å²) in [5, 5.41) is 2.24. The predicted octanol–water partition coefficient (Wildman–Crippen LogP) is 6.99. The molecule has 0 unspecified atom stereocenters. The Labute approximate surface area is 166 Å². The molecule has 0 aromatic heterocycles. The van der Waals surface area contributed by atoms with Crippen LogP contribution in [0, 0.1) is 0 Å². The maximum absolute atomic E-state index is 3.58. The third-order valence-electron chi connectivity index (χ3n) is 5.11. The van der Waals surface area contributed by atoms with Gasteiger partial charge in [-0.05, 0) is 19.3 Å². The van der Waals surface area contributed by atoms with Crippen molar-refractivity contribution in [2.45, 2.75) is 130 Å². The van der Waals surface area contributed by atoms with Crippen molar-refractivity contribution in [2.75, 3.05) is 19.6 Å². The maximum Gasteiger partial charge on any atom is 0.0285 e. The highest BCUT2D eigenvalue weighted by Crippen LogP contribution is 2.09. The summed E-state index contributed by atoms with van der Waals surface area (Å²) in [4.78, 5) is 0. The van der Waals surface area contributed by atoms with E-state index in [0.29, 0.717) is 0 Å². The molecule has 26 heavy (non-hydrogen) atoms. The van der Waals surface area contributed by atoms with Crippen LogP contribution in [-0.4, -0.2) is 24.8 Å². The fourth-order valence-electron chi connectivity index (χ4n) is 3.38. The number of hydrogen-bond donors (Lipinski definition) is 2. The summed E-state index contributed by atoms with van der Waals surface area (Å²) in [6, 6.07) is 0. The molecule has 0 saturated heterocycles. The molecule has 0 radical (unpaired) electrons. The molecule has 0 aromatic carbocycles. The fraction of sp³-hybridized carbons (Fsp3) is 1.00. The largest absolute Gasteiger partial charge is 0.242 e. The minimum atomic E-state index is 1.09.